The molecule has 0 atom stereocenters. The highest BCUT2D eigenvalue weighted by molar-refractivity contribution is 6.31. The van der Waals surface area contributed by atoms with Crippen LogP contribution in [-0.2, 0) is 6.18 Å². The summed E-state index contributed by atoms with van der Waals surface area (Å²) in [5.74, 6) is -1.02. The molecule has 0 spiro atoms. The maximum absolute atomic E-state index is 12.8. The van der Waals surface area contributed by atoms with Gasteiger partial charge in [0.05, 0.1) is 5.56 Å². The van der Waals surface area contributed by atoms with Gasteiger partial charge < -0.3 is 10.6 Å². The second-order valence-corrected chi connectivity index (χ2v) is 6.51. The van der Waals surface area contributed by atoms with Gasteiger partial charge in [0.15, 0.2) is 0 Å². The first-order chi connectivity index (χ1) is 13.7. The molecule has 29 heavy (non-hydrogen) atoms. The van der Waals surface area contributed by atoms with Crippen LogP contribution in [0.25, 0.3) is 0 Å². The van der Waals surface area contributed by atoms with E-state index in [1.165, 1.54) is 30.3 Å². The lowest BCUT2D eigenvalue weighted by Gasteiger charge is -2.11. The van der Waals surface area contributed by atoms with Gasteiger partial charge in [-0.15, -0.1) is 0 Å². The molecule has 0 unspecified atom stereocenters. The normalized spacial score (nSPS) is 11.0. The summed E-state index contributed by atoms with van der Waals surface area (Å²) >= 11 is 5.87. The Balaban J connectivity index is 1.74. The van der Waals surface area contributed by atoms with E-state index < -0.39 is 23.6 Å². The van der Waals surface area contributed by atoms with Gasteiger partial charge in [0, 0.05) is 27.5 Å². The average Bonchev–Trinajstić information content (AvgIpc) is 2.68. The fraction of sp³-hybridized carbons (Fsp3) is 0.0476. The van der Waals surface area contributed by atoms with E-state index in [1.807, 2.05) is 0 Å². The number of benzene rings is 3. The van der Waals surface area contributed by atoms with Gasteiger partial charge in [0.1, 0.15) is 0 Å². The Kier molecular flexibility index (Phi) is 5.89. The van der Waals surface area contributed by atoms with Crippen molar-refractivity contribution in [2.75, 3.05) is 10.6 Å². The Morgan fingerprint density at radius 2 is 1.24 bits per heavy atom. The van der Waals surface area contributed by atoms with Crippen LogP contribution in [0.5, 0.6) is 0 Å². The first kappa shape index (κ1) is 20.4. The Morgan fingerprint density at radius 3 is 1.83 bits per heavy atom. The average molecular weight is 419 g/mol. The smallest absolute Gasteiger partial charge is 0.322 e. The van der Waals surface area contributed by atoms with Crippen molar-refractivity contribution in [3.63, 3.8) is 0 Å². The highest BCUT2D eigenvalue weighted by Crippen LogP contribution is 2.30. The molecule has 0 heterocycles. The van der Waals surface area contributed by atoms with Crippen molar-refractivity contribution in [3.05, 3.63) is 94.5 Å². The van der Waals surface area contributed by atoms with Crippen LogP contribution in [0.4, 0.5) is 24.5 Å². The molecule has 0 fully saturated rings. The van der Waals surface area contributed by atoms with Gasteiger partial charge in [-0.25, -0.2) is 0 Å². The molecule has 0 aliphatic rings. The number of carbonyl (C=O) groups excluding carboxylic acids is 2. The zero-order valence-corrected chi connectivity index (χ0v) is 15.5. The van der Waals surface area contributed by atoms with Gasteiger partial charge in [0.25, 0.3) is 11.8 Å². The van der Waals surface area contributed by atoms with E-state index in [0.29, 0.717) is 16.3 Å². The van der Waals surface area contributed by atoms with Crippen molar-refractivity contribution in [3.8, 4) is 0 Å². The molecule has 0 aromatic heterocycles. The quantitative estimate of drug-likeness (QED) is 0.557. The highest BCUT2D eigenvalue weighted by atomic mass is 35.5. The first-order valence-corrected chi connectivity index (χ1v) is 8.76. The number of alkyl halides is 3. The molecular formula is C21H14ClF3N2O2. The van der Waals surface area contributed by atoms with Crippen molar-refractivity contribution >= 4 is 34.8 Å². The lowest BCUT2D eigenvalue weighted by Crippen LogP contribution is -2.15. The van der Waals surface area contributed by atoms with E-state index in [9.17, 15) is 22.8 Å². The largest absolute Gasteiger partial charge is 0.416 e. The van der Waals surface area contributed by atoms with Gasteiger partial charge in [0.2, 0.25) is 0 Å². The van der Waals surface area contributed by atoms with E-state index in [1.54, 1.807) is 30.3 Å². The van der Waals surface area contributed by atoms with E-state index in [2.05, 4.69) is 10.6 Å². The van der Waals surface area contributed by atoms with Crippen LogP contribution in [0.1, 0.15) is 26.3 Å². The summed E-state index contributed by atoms with van der Waals surface area (Å²) in [4.78, 5) is 24.7. The minimum atomic E-state index is -4.51. The third-order valence-electron chi connectivity index (χ3n) is 3.92. The minimum absolute atomic E-state index is 0.0122. The summed E-state index contributed by atoms with van der Waals surface area (Å²) in [6.45, 7) is 0. The molecule has 0 aliphatic carbocycles. The van der Waals surface area contributed by atoms with Crippen molar-refractivity contribution in [1.29, 1.82) is 0 Å². The van der Waals surface area contributed by atoms with Gasteiger partial charge in [-0.3, -0.25) is 9.59 Å². The van der Waals surface area contributed by atoms with E-state index in [-0.39, 0.29) is 11.3 Å². The van der Waals surface area contributed by atoms with Gasteiger partial charge >= 0.3 is 6.18 Å². The zero-order chi connectivity index (χ0) is 21.0. The molecule has 148 valence electrons. The zero-order valence-electron chi connectivity index (χ0n) is 14.8. The highest BCUT2D eigenvalue weighted by Gasteiger charge is 2.30. The molecule has 2 N–H and O–H groups in total. The van der Waals surface area contributed by atoms with Crippen LogP contribution in [0.2, 0.25) is 5.02 Å². The maximum Gasteiger partial charge on any atom is 0.416 e. The van der Waals surface area contributed by atoms with Crippen molar-refractivity contribution in [2.24, 2.45) is 0 Å². The van der Waals surface area contributed by atoms with Crippen LogP contribution in [-0.4, -0.2) is 11.8 Å². The third kappa shape index (κ3) is 5.36. The molecule has 8 heteroatoms. The number of nitrogens with one attached hydrogen (secondary N) is 2. The monoisotopic (exact) mass is 418 g/mol. The molecule has 0 saturated heterocycles. The summed E-state index contributed by atoms with van der Waals surface area (Å²) < 4.78 is 38.4. The van der Waals surface area contributed by atoms with Crippen molar-refractivity contribution < 1.29 is 22.8 Å². The number of hydrogen-bond acceptors (Lipinski definition) is 2. The SMILES string of the molecule is O=C(Nc1cccc(C(=O)Nc2cccc(C(F)(F)F)c2)c1)c1cccc(Cl)c1. The van der Waals surface area contributed by atoms with Gasteiger partial charge in [-0.05, 0) is 54.6 Å². The fourth-order valence-electron chi connectivity index (χ4n) is 2.55. The third-order valence-corrected chi connectivity index (χ3v) is 4.15. The molecule has 0 radical (unpaired) electrons. The van der Waals surface area contributed by atoms with E-state index in [0.717, 1.165) is 12.1 Å². The summed E-state index contributed by atoms with van der Waals surface area (Å²) in [7, 11) is 0. The Bertz CT molecular complexity index is 1070. The number of hydrogen-bond donors (Lipinski definition) is 2. The summed E-state index contributed by atoms with van der Waals surface area (Å²) in [6.07, 6.45) is -4.51. The van der Waals surface area contributed by atoms with Crippen LogP contribution < -0.4 is 10.6 Å². The lowest BCUT2D eigenvalue weighted by molar-refractivity contribution is -0.137. The van der Waals surface area contributed by atoms with Crippen LogP contribution in [0.15, 0.2) is 72.8 Å². The molecule has 3 rings (SSSR count). The predicted molar refractivity (Wildman–Crippen MR) is 105 cm³/mol. The molecule has 0 aliphatic heterocycles. The maximum atomic E-state index is 12.8. The molecule has 0 saturated carbocycles. The second kappa shape index (κ2) is 8.36. The summed E-state index contributed by atoms with van der Waals surface area (Å²) in [6, 6.07) is 16.7. The van der Waals surface area contributed by atoms with Crippen LogP contribution in [0.3, 0.4) is 0 Å². The second-order valence-electron chi connectivity index (χ2n) is 6.08. The number of anilines is 2. The number of amides is 2. The van der Waals surface area contributed by atoms with Crippen molar-refractivity contribution in [1.82, 2.24) is 0 Å². The van der Waals surface area contributed by atoms with E-state index >= 15 is 0 Å². The van der Waals surface area contributed by atoms with Crippen LogP contribution in [0, 0.1) is 0 Å². The molecular weight excluding hydrogens is 405 g/mol. The van der Waals surface area contributed by atoms with Gasteiger partial charge in [-0.2, -0.15) is 13.2 Å². The Morgan fingerprint density at radius 1 is 0.724 bits per heavy atom. The Hall–Kier alpha value is -3.32. The lowest BCUT2D eigenvalue weighted by atomic mass is 10.1. The fourth-order valence-corrected chi connectivity index (χ4v) is 2.74. The topological polar surface area (TPSA) is 58.2 Å². The minimum Gasteiger partial charge on any atom is -0.322 e. The Labute approximate surface area is 169 Å². The van der Waals surface area contributed by atoms with Crippen molar-refractivity contribution in [2.45, 2.75) is 6.18 Å². The molecule has 2 amide bonds. The summed E-state index contributed by atoms with van der Waals surface area (Å²) in [5, 5.41) is 5.48. The molecule has 4 nitrogen and oxygen atoms in total. The number of carbonyl (C=O) groups is 2. The predicted octanol–water partition coefficient (Wildman–Crippen LogP) is 5.86. The number of rotatable bonds is 4. The van der Waals surface area contributed by atoms with E-state index in [4.69, 9.17) is 11.6 Å². The van der Waals surface area contributed by atoms with Gasteiger partial charge in [-0.1, -0.05) is 29.8 Å². The number of halogens is 4. The summed E-state index contributed by atoms with van der Waals surface area (Å²) in [5.41, 5.74) is 0.0188. The molecule has 3 aromatic rings. The van der Waals surface area contributed by atoms with Crippen LogP contribution >= 0.6 is 11.6 Å². The molecule has 0 bridgehead atoms. The molecule has 3 aromatic carbocycles. The standard InChI is InChI=1S/C21H14ClF3N2O2/c22-16-7-1-4-13(10-16)19(28)26-17-8-2-5-14(11-17)20(29)27-18-9-3-6-15(12-18)21(23,24)25/h1-12H,(H,26,28)(H,27,29). The first-order valence-electron chi connectivity index (χ1n) is 8.38.